The number of hydrogen-bond acceptors (Lipinski definition) is 7. The third kappa shape index (κ3) is 3.11. The van der Waals surface area contributed by atoms with Gasteiger partial charge in [0.05, 0.1) is 12.1 Å². The molecule has 1 unspecified atom stereocenters. The summed E-state index contributed by atoms with van der Waals surface area (Å²) in [6.07, 6.45) is 0.589. The van der Waals surface area contributed by atoms with Crippen molar-refractivity contribution in [1.29, 1.82) is 0 Å². The number of nitrogens with zero attached hydrogens (tertiary/aromatic N) is 2. The van der Waals surface area contributed by atoms with Gasteiger partial charge in [-0.3, -0.25) is 4.79 Å². The number of nitrogens with one attached hydrogen (secondary N) is 2. The predicted octanol–water partition coefficient (Wildman–Crippen LogP) is -0.942. The van der Waals surface area contributed by atoms with Crippen LogP contribution in [-0.2, 0) is 4.79 Å². The van der Waals surface area contributed by atoms with Crippen LogP contribution < -0.4 is 10.6 Å². The molecule has 2 heterocycles. The van der Waals surface area contributed by atoms with Crippen molar-refractivity contribution in [3.8, 4) is 0 Å². The van der Waals surface area contributed by atoms with Gasteiger partial charge in [0.2, 0.25) is 5.89 Å². The molecule has 9 nitrogen and oxygen atoms in total. The number of aliphatic hydroxyl groups is 1. The predicted molar refractivity (Wildman–Crippen MR) is 64.8 cm³/mol. The van der Waals surface area contributed by atoms with E-state index in [9.17, 15) is 14.7 Å². The normalized spacial score (nSPS) is 21.4. The second-order valence-corrected chi connectivity index (χ2v) is 4.64. The Morgan fingerprint density at radius 1 is 1.55 bits per heavy atom. The molecule has 1 fully saturated rings. The molecule has 20 heavy (non-hydrogen) atoms. The maximum Gasteiger partial charge on any atom is 0.328 e. The monoisotopic (exact) mass is 284 g/mol. The first kappa shape index (κ1) is 14.4. The minimum atomic E-state index is -1.42. The Kier molecular flexibility index (Phi) is 4.30. The highest BCUT2D eigenvalue weighted by Gasteiger charge is 2.29. The Labute approximate surface area is 114 Å². The van der Waals surface area contributed by atoms with Crippen molar-refractivity contribution in [3.05, 3.63) is 11.7 Å². The van der Waals surface area contributed by atoms with E-state index in [-0.39, 0.29) is 11.9 Å². The zero-order valence-corrected chi connectivity index (χ0v) is 10.9. The number of aliphatic carboxylic acids is 1. The third-order valence-electron chi connectivity index (χ3n) is 3.04. The van der Waals surface area contributed by atoms with Crippen LogP contribution in [0.15, 0.2) is 4.52 Å². The fourth-order valence-corrected chi connectivity index (χ4v) is 1.96. The summed E-state index contributed by atoms with van der Waals surface area (Å²) in [6, 6.07) is -1.50. The first-order chi connectivity index (χ1) is 9.49. The second kappa shape index (κ2) is 5.97. The number of amides is 1. The molecule has 1 amide bonds. The first-order valence-electron chi connectivity index (χ1n) is 6.27. The number of hydrogen-bond donors (Lipinski definition) is 4. The van der Waals surface area contributed by atoms with Gasteiger partial charge >= 0.3 is 5.97 Å². The van der Waals surface area contributed by atoms with Gasteiger partial charge < -0.3 is 25.4 Å². The van der Waals surface area contributed by atoms with E-state index in [2.05, 4.69) is 20.8 Å². The van der Waals surface area contributed by atoms with Gasteiger partial charge in [-0.15, -0.1) is 0 Å². The van der Waals surface area contributed by atoms with E-state index in [0.717, 1.165) is 19.4 Å². The van der Waals surface area contributed by atoms with Crippen LogP contribution in [0.3, 0.4) is 0 Å². The van der Waals surface area contributed by atoms with Gasteiger partial charge in [-0.2, -0.15) is 4.98 Å². The molecule has 0 bridgehead atoms. The van der Waals surface area contributed by atoms with Crippen LogP contribution in [0.1, 0.15) is 42.3 Å². The topological polar surface area (TPSA) is 138 Å². The van der Waals surface area contributed by atoms with Gasteiger partial charge in [0.25, 0.3) is 11.7 Å². The highest BCUT2D eigenvalue weighted by molar-refractivity contribution is 5.93. The molecule has 4 N–H and O–H groups in total. The summed E-state index contributed by atoms with van der Waals surface area (Å²) in [7, 11) is 0. The van der Waals surface area contributed by atoms with Crippen molar-refractivity contribution in [2.45, 2.75) is 38.0 Å². The molecular formula is C11H16N4O5. The summed E-state index contributed by atoms with van der Waals surface area (Å²) in [5.74, 6) is -2.09. The van der Waals surface area contributed by atoms with Crippen LogP contribution in [-0.4, -0.2) is 50.9 Å². The minimum absolute atomic E-state index is 0.0731. The summed E-state index contributed by atoms with van der Waals surface area (Å²) in [5, 5.41) is 27.0. The molecule has 110 valence electrons. The zero-order valence-electron chi connectivity index (χ0n) is 10.9. The third-order valence-corrected chi connectivity index (χ3v) is 3.04. The highest BCUT2D eigenvalue weighted by atomic mass is 16.5. The minimum Gasteiger partial charge on any atom is -0.480 e. The molecule has 1 aliphatic heterocycles. The lowest BCUT2D eigenvalue weighted by molar-refractivity contribution is -0.141. The number of aliphatic hydroxyl groups excluding tert-OH is 1. The first-order valence-corrected chi connectivity index (χ1v) is 6.27. The Balaban J connectivity index is 2.03. The highest BCUT2D eigenvalue weighted by Crippen LogP contribution is 2.20. The number of carboxylic acid groups (broad SMARTS) is 1. The van der Waals surface area contributed by atoms with Crippen LogP contribution >= 0.6 is 0 Å². The van der Waals surface area contributed by atoms with Gasteiger partial charge in [-0.05, 0) is 26.3 Å². The lowest BCUT2D eigenvalue weighted by Crippen LogP contribution is -2.47. The van der Waals surface area contributed by atoms with Gasteiger partial charge in [0.1, 0.15) is 0 Å². The average molecular weight is 284 g/mol. The molecule has 0 spiro atoms. The van der Waals surface area contributed by atoms with Crippen LogP contribution in [0.4, 0.5) is 0 Å². The smallest absolute Gasteiger partial charge is 0.328 e. The molecule has 9 heteroatoms. The molecule has 0 saturated carbocycles. The van der Waals surface area contributed by atoms with E-state index in [4.69, 9.17) is 9.63 Å². The molecule has 1 aromatic rings. The molecule has 0 aromatic carbocycles. The van der Waals surface area contributed by atoms with E-state index in [0.29, 0.717) is 5.89 Å². The molecule has 1 aromatic heterocycles. The van der Waals surface area contributed by atoms with E-state index < -0.39 is 24.0 Å². The van der Waals surface area contributed by atoms with E-state index in [1.807, 2.05) is 0 Å². The quantitative estimate of drug-likeness (QED) is 0.543. The Bertz CT molecular complexity index is 495. The molecule has 1 saturated heterocycles. The summed E-state index contributed by atoms with van der Waals surface area (Å²) in [5.41, 5.74) is 0. The summed E-state index contributed by atoms with van der Waals surface area (Å²) in [6.45, 7) is 2.11. The van der Waals surface area contributed by atoms with E-state index in [1.165, 1.54) is 6.92 Å². The number of carbonyl (C=O) groups is 2. The van der Waals surface area contributed by atoms with Crippen LogP contribution in [0.25, 0.3) is 0 Å². The van der Waals surface area contributed by atoms with Crippen molar-refractivity contribution in [2.75, 3.05) is 6.54 Å². The summed E-state index contributed by atoms with van der Waals surface area (Å²) < 4.78 is 4.98. The molecule has 2 rings (SSSR count). The van der Waals surface area contributed by atoms with Crippen molar-refractivity contribution >= 4 is 11.9 Å². The largest absolute Gasteiger partial charge is 0.480 e. The Morgan fingerprint density at radius 2 is 2.30 bits per heavy atom. The van der Waals surface area contributed by atoms with Crippen molar-refractivity contribution < 1.29 is 24.3 Å². The van der Waals surface area contributed by atoms with Gasteiger partial charge in [-0.25, -0.2) is 4.79 Å². The van der Waals surface area contributed by atoms with Crippen LogP contribution in [0.5, 0.6) is 0 Å². The fraction of sp³-hybridized carbons (Fsp3) is 0.636. The van der Waals surface area contributed by atoms with Crippen LogP contribution in [0, 0.1) is 0 Å². The molecular weight excluding hydrogens is 268 g/mol. The fourth-order valence-electron chi connectivity index (χ4n) is 1.96. The maximum absolute atomic E-state index is 11.8. The van der Waals surface area contributed by atoms with Crippen LogP contribution in [0.2, 0.25) is 0 Å². The number of carbonyl (C=O) groups excluding carboxylic acids is 1. The number of aromatic nitrogens is 2. The van der Waals surface area contributed by atoms with Gasteiger partial charge in [-0.1, -0.05) is 5.16 Å². The summed E-state index contributed by atoms with van der Waals surface area (Å²) >= 11 is 0. The molecule has 0 aliphatic carbocycles. The Hall–Kier alpha value is -2.00. The van der Waals surface area contributed by atoms with Gasteiger partial charge in [0, 0.05) is 0 Å². The average Bonchev–Trinajstić information content (AvgIpc) is 3.04. The molecule has 1 aliphatic rings. The maximum atomic E-state index is 11.8. The standard InChI is InChI=1S/C11H16N4O5/c1-5(16)7(11(18)19)13-9(17)8-14-10(20-15-8)6-3-2-4-12-6/h5-7,12,16H,2-4H2,1H3,(H,13,17)(H,18,19)/t5-,6?,7+/m1/s1. The number of carboxylic acids is 1. The molecule has 3 atom stereocenters. The summed E-state index contributed by atoms with van der Waals surface area (Å²) in [4.78, 5) is 26.6. The van der Waals surface area contributed by atoms with Crippen molar-refractivity contribution in [2.24, 2.45) is 0 Å². The van der Waals surface area contributed by atoms with Crippen molar-refractivity contribution in [1.82, 2.24) is 20.8 Å². The zero-order chi connectivity index (χ0) is 14.7. The van der Waals surface area contributed by atoms with Gasteiger partial charge in [0.15, 0.2) is 6.04 Å². The Morgan fingerprint density at radius 3 is 2.85 bits per heavy atom. The van der Waals surface area contributed by atoms with E-state index >= 15 is 0 Å². The molecule has 0 radical (unpaired) electrons. The van der Waals surface area contributed by atoms with Crippen molar-refractivity contribution in [3.63, 3.8) is 0 Å². The lowest BCUT2D eigenvalue weighted by atomic mass is 10.2. The van der Waals surface area contributed by atoms with E-state index in [1.54, 1.807) is 0 Å². The second-order valence-electron chi connectivity index (χ2n) is 4.64. The lowest BCUT2D eigenvalue weighted by Gasteiger charge is -2.15. The number of rotatable bonds is 5. The SMILES string of the molecule is C[C@@H](O)[C@H](NC(=O)c1noc(C2CCCN2)n1)C(=O)O.